The van der Waals surface area contributed by atoms with Gasteiger partial charge in [0.15, 0.2) is 0 Å². The quantitative estimate of drug-likeness (QED) is 0.819. The number of benzene rings is 1. The van der Waals surface area contributed by atoms with Crippen LogP contribution in [0.25, 0.3) is 11.0 Å². The molecule has 2 saturated heterocycles. The summed E-state index contributed by atoms with van der Waals surface area (Å²) in [5.74, 6) is 1.31. The highest BCUT2D eigenvalue weighted by atomic mass is 16.2. The molecule has 0 saturated carbocycles. The number of hydrogen-bond acceptors (Lipinski definition) is 4. The van der Waals surface area contributed by atoms with Crippen molar-refractivity contribution >= 4 is 22.8 Å². The molecule has 0 spiro atoms. The van der Waals surface area contributed by atoms with Crippen LogP contribution in [-0.4, -0.2) is 63.9 Å². The molecule has 2 aliphatic rings. The van der Waals surface area contributed by atoms with Crippen molar-refractivity contribution < 1.29 is 9.59 Å². The lowest BCUT2D eigenvalue weighted by Gasteiger charge is -2.36. The van der Waals surface area contributed by atoms with Crippen molar-refractivity contribution in [1.82, 2.24) is 19.4 Å². The Morgan fingerprint density at radius 3 is 2.57 bits per heavy atom. The van der Waals surface area contributed by atoms with Crippen LogP contribution in [0.4, 0.5) is 0 Å². The van der Waals surface area contributed by atoms with E-state index in [-0.39, 0.29) is 17.7 Å². The van der Waals surface area contributed by atoms with E-state index in [1.807, 2.05) is 11.0 Å². The summed E-state index contributed by atoms with van der Waals surface area (Å²) in [5, 5.41) is 0. The maximum Gasteiger partial charge on any atom is 0.236 e. The molecule has 30 heavy (non-hydrogen) atoms. The van der Waals surface area contributed by atoms with Crippen LogP contribution in [0.2, 0.25) is 0 Å². The lowest BCUT2D eigenvalue weighted by molar-refractivity contribution is -0.136. The number of fused-ring (bicyclic) bond motifs is 1. The normalized spacial score (nSPS) is 21.4. The van der Waals surface area contributed by atoms with E-state index >= 15 is 0 Å². The van der Waals surface area contributed by atoms with Crippen LogP contribution in [0, 0.1) is 5.92 Å². The van der Waals surface area contributed by atoms with Crippen LogP contribution in [0.3, 0.4) is 0 Å². The molecular formula is C23H33N5O2. The maximum absolute atomic E-state index is 12.8. The molecule has 7 heteroatoms. The van der Waals surface area contributed by atoms with E-state index in [0.717, 1.165) is 37.3 Å². The van der Waals surface area contributed by atoms with Crippen LogP contribution in [0.1, 0.15) is 57.3 Å². The standard InChI is InChI=1S/C23H33N5O2/c1-16(2)28-20-8-4-3-7-19(20)25-23(28)18-6-5-11-26(14-18)15-21(29)27-12-9-17(10-13-27)22(24)30/h3-4,7-8,16-18H,5-6,9-15H2,1-2H3,(H2,24,30)/t18-/m0/s1. The van der Waals surface area contributed by atoms with E-state index in [1.54, 1.807) is 0 Å². The van der Waals surface area contributed by atoms with Crippen LogP contribution in [-0.2, 0) is 9.59 Å². The van der Waals surface area contributed by atoms with Gasteiger partial charge < -0.3 is 15.2 Å². The minimum absolute atomic E-state index is 0.0857. The first kappa shape index (κ1) is 20.8. The summed E-state index contributed by atoms with van der Waals surface area (Å²) >= 11 is 0. The van der Waals surface area contributed by atoms with Crippen LogP contribution in [0.5, 0.6) is 0 Å². The second kappa shape index (κ2) is 8.76. The molecule has 1 aromatic heterocycles. The number of imidazole rings is 1. The lowest BCUT2D eigenvalue weighted by Crippen LogP contribution is -2.47. The van der Waals surface area contributed by atoms with E-state index in [9.17, 15) is 9.59 Å². The lowest BCUT2D eigenvalue weighted by atomic mass is 9.95. The number of para-hydroxylation sites is 2. The number of nitrogens with two attached hydrogens (primary N) is 1. The third-order valence-corrected chi connectivity index (χ3v) is 6.62. The fourth-order valence-electron chi connectivity index (χ4n) is 5.01. The number of aromatic nitrogens is 2. The minimum Gasteiger partial charge on any atom is -0.369 e. The van der Waals surface area contributed by atoms with Gasteiger partial charge in [0, 0.05) is 37.5 Å². The average Bonchev–Trinajstić information content (AvgIpc) is 3.14. The Bertz CT molecular complexity index is 913. The largest absolute Gasteiger partial charge is 0.369 e. The van der Waals surface area contributed by atoms with Crippen molar-refractivity contribution in [2.24, 2.45) is 11.7 Å². The summed E-state index contributed by atoms with van der Waals surface area (Å²) in [5.41, 5.74) is 7.65. The number of carbonyl (C=O) groups excluding carboxylic acids is 2. The Kier molecular flexibility index (Phi) is 6.09. The SMILES string of the molecule is CC(C)n1c([C@H]2CCCN(CC(=O)N3CCC(C(N)=O)CC3)C2)nc2ccccc21. The van der Waals surface area contributed by atoms with Gasteiger partial charge in [0.1, 0.15) is 5.82 Å². The Labute approximate surface area is 178 Å². The van der Waals surface area contributed by atoms with Crippen molar-refractivity contribution in [3.8, 4) is 0 Å². The van der Waals surface area contributed by atoms with Crippen molar-refractivity contribution in [3.63, 3.8) is 0 Å². The predicted molar refractivity (Wildman–Crippen MR) is 117 cm³/mol. The Morgan fingerprint density at radius 1 is 1.13 bits per heavy atom. The molecule has 2 aromatic rings. The minimum atomic E-state index is -0.242. The summed E-state index contributed by atoms with van der Waals surface area (Å²) < 4.78 is 2.36. The van der Waals surface area contributed by atoms with Crippen LogP contribution >= 0.6 is 0 Å². The topological polar surface area (TPSA) is 84.5 Å². The van der Waals surface area contributed by atoms with Gasteiger partial charge in [-0.15, -0.1) is 0 Å². The molecule has 2 N–H and O–H groups in total. The summed E-state index contributed by atoms with van der Waals surface area (Å²) in [6, 6.07) is 8.68. The molecule has 0 radical (unpaired) electrons. The summed E-state index contributed by atoms with van der Waals surface area (Å²) in [4.78, 5) is 33.4. The van der Waals surface area contributed by atoms with Gasteiger partial charge in [0.2, 0.25) is 11.8 Å². The maximum atomic E-state index is 12.8. The highest BCUT2D eigenvalue weighted by Crippen LogP contribution is 2.31. The molecule has 0 aliphatic carbocycles. The summed E-state index contributed by atoms with van der Waals surface area (Å²) in [7, 11) is 0. The van der Waals surface area contributed by atoms with Crippen molar-refractivity contribution in [3.05, 3.63) is 30.1 Å². The molecule has 2 fully saturated rings. The third-order valence-electron chi connectivity index (χ3n) is 6.62. The van der Waals surface area contributed by atoms with E-state index in [2.05, 4.69) is 41.5 Å². The number of likely N-dealkylation sites (tertiary alicyclic amines) is 2. The van der Waals surface area contributed by atoms with Gasteiger partial charge in [-0.2, -0.15) is 0 Å². The molecule has 0 bridgehead atoms. The smallest absolute Gasteiger partial charge is 0.236 e. The van der Waals surface area contributed by atoms with E-state index in [4.69, 9.17) is 10.7 Å². The number of nitrogens with zero attached hydrogens (tertiary/aromatic N) is 4. The van der Waals surface area contributed by atoms with Crippen molar-refractivity contribution in [2.45, 2.75) is 51.5 Å². The second-order valence-corrected chi connectivity index (χ2v) is 9.05. The third kappa shape index (κ3) is 4.21. The van der Waals surface area contributed by atoms with Crippen LogP contribution in [0.15, 0.2) is 24.3 Å². The zero-order chi connectivity index (χ0) is 21.3. The number of carbonyl (C=O) groups is 2. The first-order valence-electron chi connectivity index (χ1n) is 11.2. The Balaban J connectivity index is 1.43. The van der Waals surface area contributed by atoms with E-state index in [1.165, 1.54) is 5.52 Å². The first-order valence-corrected chi connectivity index (χ1v) is 11.2. The zero-order valence-corrected chi connectivity index (χ0v) is 18.1. The zero-order valence-electron chi connectivity index (χ0n) is 18.1. The van der Waals surface area contributed by atoms with Gasteiger partial charge >= 0.3 is 0 Å². The number of piperidine rings is 2. The number of primary amides is 1. The first-order chi connectivity index (χ1) is 14.4. The molecule has 162 valence electrons. The molecule has 4 rings (SSSR count). The van der Waals surface area contributed by atoms with Gasteiger partial charge in [-0.3, -0.25) is 14.5 Å². The summed E-state index contributed by atoms with van der Waals surface area (Å²) in [6.07, 6.45) is 3.54. The van der Waals surface area contributed by atoms with Crippen LogP contribution < -0.4 is 5.73 Å². The van der Waals surface area contributed by atoms with E-state index in [0.29, 0.717) is 44.4 Å². The fraction of sp³-hybridized carbons (Fsp3) is 0.609. The summed E-state index contributed by atoms with van der Waals surface area (Å²) in [6.45, 7) is 7.93. The predicted octanol–water partition coefficient (Wildman–Crippen LogP) is 2.52. The molecule has 2 aliphatic heterocycles. The Hall–Kier alpha value is -2.41. The average molecular weight is 412 g/mol. The van der Waals surface area contributed by atoms with Gasteiger partial charge in [-0.05, 0) is 58.2 Å². The Morgan fingerprint density at radius 2 is 1.87 bits per heavy atom. The highest BCUT2D eigenvalue weighted by molar-refractivity contribution is 5.80. The molecule has 7 nitrogen and oxygen atoms in total. The van der Waals surface area contributed by atoms with Crippen molar-refractivity contribution in [1.29, 1.82) is 0 Å². The molecule has 3 heterocycles. The van der Waals surface area contributed by atoms with Crippen molar-refractivity contribution in [2.75, 3.05) is 32.7 Å². The second-order valence-electron chi connectivity index (χ2n) is 9.05. The fourth-order valence-corrected chi connectivity index (χ4v) is 5.01. The highest BCUT2D eigenvalue weighted by Gasteiger charge is 2.30. The number of amides is 2. The van der Waals surface area contributed by atoms with Gasteiger partial charge in [0.25, 0.3) is 0 Å². The number of rotatable bonds is 5. The van der Waals surface area contributed by atoms with Gasteiger partial charge in [0.05, 0.1) is 17.6 Å². The van der Waals surface area contributed by atoms with Gasteiger partial charge in [-0.25, -0.2) is 4.98 Å². The monoisotopic (exact) mass is 411 g/mol. The molecule has 1 atom stereocenters. The molecule has 1 aromatic carbocycles. The van der Waals surface area contributed by atoms with Gasteiger partial charge in [-0.1, -0.05) is 12.1 Å². The number of hydrogen-bond donors (Lipinski definition) is 1. The van der Waals surface area contributed by atoms with E-state index < -0.39 is 0 Å². The molecule has 2 amide bonds. The molecular weight excluding hydrogens is 378 g/mol. The molecule has 0 unspecified atom stereocenters.